The van der Waals surface area contributed by atoms with E-state index in [1.807, 2.05) is 52.0 Å². The molecular formula is C109H71F14N12O2Pt4-. The Kier molecular flexibility index (Phi) is 43.5. The molecule has 0 radical (unpaired) electrons. The van der Waals surface area contributed by atoms with Gasteiger partial charge in [0, 0.05) is 198 Å². The van der Waals surface area contributed by atoms with Crippen LogP contribution in [0.25, 0.3) is 101 Å². The first-order valence-corrected chi connectivity index (χ1v) is 41.1. The molecule has 0 bridgehead atoms. The fraction of sp³-hybridized carbons (Fsp3) is 0.0550. The Morgan fingerprint density at radius 1 is 0.234 bits per heavy atom. The molecule has 14 nitrogen and oxygen atoms in total. The van der Waals surface area contributed by atoms with Crippen LogP contribution in [0.2, 0.25) is 0 Å². The Morgan fingerprint density at radius 2 is 0.418 bits per heavy atom. The van der Waals surface area contributed by atoms with Crippen molar-refractivity contribution in [2.45, 2.75) is 38.5 Å². The number of aromatic nitrogens is 12. The van der Waals surface area contributed by atoms with Crippen LogP contribution in [0, 0.1) is 124 Å². The smallest absolute Gasteiger partial charge is 0.477 e. The number of carbonyl (C=O) groups is 1. The van der Waals surface area contributed by atoms with E-state index in [9.17, 15) is 66.3 Å². The first-order valence-electron chi connectivity index (χ1n) is 41.1. The van der Waals surface area contributed by atoms with Gasteiger partial charge in [-0.3, -0.25) is 111 Å². The van der Waals surface area contributed by atoms with Crippen LogP contribution in [-0.4, -0.2) is 70.9 Å². The van der Waals surface area contributed by atoms with Crippen molar-refractivity contribution in [1.82, 2.24) is 59.8 Å². The molecule has 0 fully saturated rings. The summed E-state index contributed by atoms with van der Waals surface area (Å²) in [4.78, 5) is 58.6. The van der Waals surface area contributed by atoms with Gasteiger partial charge in [-0.2, -0.15) is 12.1 Å². The zero-order valence-electron chi connectivity index (χ0n) is 73.8. The molecule has 32 heteroatoms. The molecule has 0 aliphatic rings. The fourth-order valence-corrected chi connectivity index (χ4v) is 12.8. The van der Waals surface area contributed by atoms with Crippen LogP contribution in [0.5, 0.6) is 0 Å². The summed E-state index contributed by atoms with van der Waals surface area (Å²) in [6.45, 7) is 7.34. The molecule has 141 heavy (non-hydrogen) atoms. The molecule has 19 rings (SSSR count). The minimum atomic E-state index is -0.990. The molecule has 0 atom stereocenters. The predicted octanol–water partition coefficient (Wildman–Crippen LogP) is 26.1. The van der Waals surface area contributed by atoms with E-state index in [1.54, 1.807) is 256 Å². The molecule has 12 aromatic heterocycles. The van der Waals surface area contributed by atoms with E-state index in [0.29, 0.717) is 62.4 Å². The van der Waals surface area contributed by atoms with Gasteiger partial charge in [-0.1, -0.05) is 235 Å². The number of pyridine rings is 12. The molecule has 0 aliphatic carbocycles. The molecule has 19 aromatic rings. The Morgan fingerprint density at radius 3 is 0.589 bits per heavy atom. The minimum Gasteiger partial charge on any atom is -0.477 e. The van der Waals surface area contributed by atoms with Gasteiger partial charge < -0.3 is 10.1 Å². The molecule has 0 aliphatic heterocycles. The van der Waals surface area contributed by atoms with Crippen LogP contribution in [0.3, 0.4) is 0 Å². The van der Waals surface area contributed by atoms with Crippen LogP contribution < -0.4 is 0 Å². The van der Waals surface area contributed by atoms with E-state index in [4.69, 9.17) is 5.11 Å². The van der Waals surface area contributed by atoms with Crippen LogP contribution in [0.4, 0.5) is 61.5 Å². The average molecular weight is 2630 g/mol. The SMILES string of the molecule is CC(C)(c1ccccn1)c1[c-]cc(F)cc1F.CC(C)(c1ccccn1)c1[c-]cc(F)cc1F.Fc1c[c-]c(-c2ccccn2)c(F)c1.Fc1cc(F)c(-c2ccccn2)[c-]c1-c1ccccn1.Fc1cc(F)c(-c2ccccn2)[c-]c1-c1ccccn1.Fc1cc(F)c(-c2ccccn2)[c-]c1-c1ccccn1.Fc1cc(F)c(-c2ccccn2)[c-]c1-c1ccccn1.O=C(O)c1ccccn1.[Pt+2].[Pt+2].[Pt+2].[Pt]. The van der Waals surface area contributed by atoms with Gasteiger partial charge >= 0.3 is 69.2 Å². The monoisotopic (exact) mass is 2630 g/mol. The summed E-state index contributed by atoms with van der Waals surface area (Å²) in [6, 6.07) is 89.7. The molecule has 12 heterocycles. The number of hydrogen-bond donors (Lipinski definition) is 1. The summed E-state index contributed by atoms with van der Waals surface area (Å²) in [7, 11) is 0. The molecule has 0 unspecified atom stereocenters. The summed E-state index contributed by atoms with van der Waals surface area (Å²) >= 11 is 0. The quantitative estimate of drug-likeness (QED) is 0.0798. The van der Waals surface area contributed by atoms with Crippen molar-refractivity contribution in [1.29, 1.82) is 0 Å². The second-order valence-corrected chi connectivity index (χ2v) is 29.6. The van der Waals surface area contributed by atoms with Gasteiger partial charge in [-0.05, 0) is 96.7 Å². The molecular weight excluding hydrogens is 2560 g/mol. The number of carboxylic acid groups (broad SMARTS) is 1. The van der Waals surface area contributed by atoms with E-state index in [0.717, 1.165) is 72.1 Å². The number of nitrogens with zero attached hydrogens (tertiary/aromatic N) is 12. The zero-order valence-corrected chi connectivity index (χ0v) is 82.9. The normalized spacial score (nSPS) is 10.3. The maximum atomic E-state index is 13.9. The number of carboxylic acids is 1. The van der Waals surface area contributed by atoms with Crippen molar-refractivity contribution < 1.29 is 156 Å². The molecule has 0 saturated heterocycles. The largest absolute Gasteiger partial charge is 2.00 e. The van der Waals surface area contributed by atoms with Crippen molar-refractivity contribution >= 4 is 5.97 Å². The van der Waals surface area contributed by atoms with E-state index < -0.39 is 98.2 Å². The summed E-state index contributed by atoms with van der Waals surface area (Å²) in [6.07, 6.45) is 18.7. The molecule has 718 valence electrons. The molecule has 1 N–H and O–H groups in total. The topological polar surface area (TPSA) is 192 Å². The van der Waals surface area contributed by atoms with Gasteiger partial charge in [-0.25, -0.2) is 9.78 Å². The van der Waals surface area contributed by atoms with Crippen molar-refractivity contribution in [3.8, 4) is 101 Å². The van der Waals surface area contributed by atoms with Gasteiger partial charge in [0.15, 0.2) is 0 Å². The van der Waals surface area contributed by atoms with Gasteiger partial charge in [-0.15, -0.1) is 71.8 Å². The van der Waals surface area contributed by atoms with E-state index in [-0.39, 0.29) is 140 Å². The fourth-order valence-electron chi connectivity index (χ4n) is 12.8. The first-order chi connectivity index (χ1) is 66.1. The number of rotatable bonds is 14. The van der Waals surface area contributed by atoms with Crippen molar-refractivity contribution in [2.75, 3.05) is 0 Å². The Bertz CT molecular complexity index is 6300. The van der Waals surface area contributed by atoms with Crippen molar-refractivity contribution in [2.24, 2.45) is 0 Å². The first kappa shape index (κ1) is 112. The number of halogens is 14. The zero-order chi connectivity index (χ0) is 97.4. The summed E-state index contributed by atoms with van der Waals surface area (Å²) in [5.74, 6) is -10.3. The Labute approximate surface area is 860 Å². The van der Waals surface area contributed by atoms with Crippen LogP contribution >= 0.6 is 0 Å². The van der Waals surface area contributed by atoms with E-state index in [1.165, 1.54) is 12.3 Å². The van der Waals surface area contributed by atoms with E-state index in [2.05, 4.69) is 102 Å². The standard InChI is InChI=1S/4C16H9F2N2.2C14H12F2N.C11H6F2N.C6H5NO2.4Pt/c4*17-13-10-14(18)12(16-6-2-4-8-20-16)9-11(13)15-5-1-3-7-19-15;2*1-14(2,13-5-3-4-8-17-13)11-7-6-10(15)9-12(11)16;12-8-4-5-9(10(13)7-8)11-3-1-2-6-14-11;8-6(9)5-3-1-2-4-7-5;;;;/h4*1-8,10H;2*3-6,8-9H,1-2H3;1-4,6-7H;1-4H,(H,8,9);;;;/q7*-1;;;3*+2. The second-order valence-electron chi connectivity index (χ2n) is 29.6. The third-order valence-corrected chi connectivity index (χ3v) is 19.5. The van der Waals surface area contributed by atoms with Crippen LogP contribution in [0.1, 0.15) is 60.7 Å². The van der Waals surface area contributed by atoms with Crippen molar-refractivity contribution in [3.63, 3.8) is 0 Å². The number of benzene rings is 7. The summed E-state index contributed by atoms with van der Waals surface area (Å²) in [5, 5.41) is 8.32. The van der Waals surface area contributed by atoms with Gasteiger partial charge in [0.1, 0.15) is 5.69 Å². The van der Waals surface area contributed by atoms with Crippen LogP contribution in [-0.2, 0) is 95.1 Å². The molecule has 7 aromatic carbocycles. The predicted molar refractivity (Wildman–Crippen MR) is 489 cm³/mol. The Balaban J connectivity index is 0.000000198. The maximum Gasteiger partial charge on any atom is 2.00 e. The summed E-state index contributed by atoms with van der Waals surface area (Å²) < 4.78 is 190. The van der Waals surface area contributed by atoms with Gasteiger partial charge in [0.05, 0.1) is 46.5 Å². The second kappa shape index (κ2) is 54.8. The maximum absolute atomic E-state index is 13.9. The Hall–Kier alpha value is -14.4. The van der Waals surface area contributed by atoms with Gasteiger partial charge in [0.25, 0.3) is 0 Å². The average Bonchev–Trinajstić information content (AvgIpc) is 0.391. The molecule has 0 saturated carbocycles. The third-order valence-electron chi connectivity index (χ3n) is 19.5. The summed E-state index contributed by atoms with van der Waals surface area (Å²) in [5.41, 5.74) is 5.81. The van der Waals surface area contributed by atoms with Crippen molar-refractivity contribution in [3.05, 3.63) is 506 Å². The number of aromatic carboxylic acids is 1. The molecule has 0 amide bonds. The number of hydrogen-bond acceptors (Lipinski definition) is 13. The third kappa shape index (κ3) is 31.0. The molecule has 0 spiro atoms. The van der Waals surface area contributed by atoms with E-state index >= 15 is 0 Å². The van der Waals surface area contributed by atoms with Gasteiger partial charge in [0.2, 0.25) is 0 Å². The minimum absolute atomic E-state index is 0. The van der Waals surface area contributed by atoms with Crippen LogP contribution in [0.15, 0.2) is 353 Å².